The lowest BCUT2D eigenvalue weighted by atomic mass is 10.5. The van der Waals surface area contributed by atoms with Crippen LogP contribution in [0.5, 0.6) is 5.88 Å². The van der Waals surface area contributed by atoms with E-state index in [2.05, 4.69) is 10.1 Å². The molecule has 0 saturated carbocycles. The first-order chi connectivity index (χ1) is 9.69. The largest absolute Gasteiger partial charge is 0.479 e. The van der Waals surface area contributed by atoms with Gasteiger partial charge in [0.25, 0.3) is 11.4 Å². The van der Waals surface area contributed by atoms with Crippen LogP contribution in [-0.4, -0.2) is 21.8 Å². The number of hydrogen-bond acceptors (Lipinski definition) is 7. The lowest BCUT2D eigenvalue weighted by Gasteiger charge is -2.05. The third-order valence-corrected chi connectivity index (χ3v) is 4.68. The first-order valence-electron chi connectivity index (χ1n) is 5.75. The Bertz CT molecular complexity index is 806. The van der Waals surface area contributed by atoms with Gasteiger partial charge in [0, 0.05) is 13.1 Å². The molecule has 0 saturated heterocycles. The molecule has 0 aliphatic carbocycles. The van der Waals surface area contributed by atoms with Crippen LogP contribution in [0.4, 0.5) is 0 Å². The van der Waals surface area contributed by atoms with Crippen LogP contribution >= 0.6 is 23.1 Å². The number of thioether (sulfide) groups is 1. The Labute approximate surface area is 122 Å². The second kappa shape index (κ2) is 5.29. The molecule has 0 N–H and O–H groups in total. The number of hydrogen-bond donors (Lipinski definition) is 0. The SMILES string of the molecule is COc1cc(CSc2nc3ccsc3c(=O)n2C)on1. The Morgan fingerprint density at radius 3 is 3.15 bits per heavy atom. The minimum atomic E-state index is -0.0253. The fraction of sp³-hybridized carbons (Fsp3) is 0.250. The topological polar surface area (TPSA) is 70.2 Å². The molecule has 3 aromatic heterocycles. The van der Waals surface area contributed by atoms with Crippen molar-refractivity contribution < 1.29 is 9.26 Å². The molecule has 0 radical (unpaired) electrons. The van der Waals surface area contributed by atoms with Gasteiger partial charge in [0.15, 0.2) is 10.9 Å². The van der Waals surface area contributed by atoms with Gasteiger partial charge in [-0.15, -0.1) is 11.3 Å². The van der Waals surface area contributed by atoms with Crippen LogP contribution in [0.3, 0.4) is 0 Å². The Morgan fingerprint density at radius 1 is 1.55 bits per heavy atom. The zero-order chi connectivity index (χ0) is 14.1. The van der Waals surface area contributed by atoms with Crippen LogP contribution in [0, 0.1) is 0 Å². The zero-order valence-corrected chi connectivity index (χ0v) is 12.5. The molecule has 3 aromatic rings. The van der Waals surface area contributed by atoms with Crippen molar-refractivity contribution in [2.24, 2.45) is 7.05 Å². The van der Waals surface area contributed by atoms with Crippen LogP contribution in [0.1, 0.15) is 5.76 Å². The van der Waals surface area contributed by atoms with Crippen LogP contribution in [0.25, 0.3) is 10.2 Å². The van der Waals surface area contributed by atoms with Gasteiger partial charge >= 0.3 is 0 Å². The van der Waals surface area contributed by atoms with E-state index in [0.717, 1.165) is 5.52 Å². The average molecular weight is 309 g/mol. The van der Waals surface area contributed by atoms with E-state index in [-0.39, 0.29) is 5.56 Å². The van der Waals surface area contributed by atoms with Gasteiger partial charge in [0.2, 0.25) is 0 Å². The molecule has 0 unspecified atom stereocenters. The smallest absolute Gasteiger partial charge is 0.271 e. The molecule has 6 nitrogen and oxygen atoms in total. The molecule has 0 aliphatic heterocycles. The number of fused-ring (bicyclic) bond motifs is 1. The maximum Gasteiger partial charge on any atom is 0.271 e. The molecule has 3 rings (SSSR count). The van der Waals surface area contributed by atoms with Crippen molar-refractivity contribution in [1.29, 1.82) is 0 Å². The molecule has 0 atom stereocenters. The van der Waals surface area contributed by atoms with Crippen LogP contribution in [0.2, 0.25) is 0 Å². The third kappa shape index (κ3) is 2.32. The number of methoxy groups -OCH3 is 1. The fourth-order valence-corrected chi connectivity index (χ4v) is 3.34. The normalized spacial score (nSPS) is 11.1. The summed E-state index contributed by atoms with van der Waals surface area (Å²) in [5.41, 5.74) is 0.707. The Hall–Kier alpha value is -1.80. The first kappa shape index (κ1) is 13.2. The van der Waals surface area contributed by atoms with Gasteiger partial charge in [-0.1, -0.05) is 11.8 Å². The monoisotopic (exact) mass is 309 g/mol. The summed E-state index contributed by atoms with van der Waals surface area (Å²) in [4.78, 5) is 16.6. The van der Waals surface area contributed by atoms with E-state index in [1.807, 2.05) is 11.4 Å². The highest BCUT2D eigenvalue weighted by Gasteiger charge is 2.11. The summed E-state index contributed by atoms with van der Waals surface area (Å²) in [6.07, 6.45) is 0. The van der Waals surface area contributed by atoms with Crippen molar-refractivity contribution in [3.63, 3.8) is 0 Å². The highest BCUT2D eigenvalue weighted by Crippen LogP contribution is 2.24. The van der Waals surface area contributed by atoms with Crippen LogP contribution in [0.15, 0.2) is 32.0 Å². The maximum absolute atomic E-state index is 12.1. The second-order valence-corrected chi connectivity index (χ2v) is 5.88. The van der Waals surface area contributed by atoms with E-state index in [9.17, 15) is 4.79 Å². The van der Waals surface area contributed by atoms with Gasteiger partial charge < -0.3 is 9.26 Å². The molecule has 3 heterocycles. The molecule has 0 bridgehead atoms. The van der Waals surface area contributed by atoms with E-state index in [1.165, 1.54) is 30.2 Å². The summed E-state index contributed by atoms with van der Waals surface area (Å²) in [6, 6.07) is 3.57. The lowest BCUT2D eigenvalue weighted by Crippen LogP contribution is -2.18. The fourth-order valence-electron chi connectivity index (χ4n) is 1.69. The van der Waals surface area contributed by atoms with E-state index in [0.29, 0.717) is 27.2 Å². The Kier molecular flexibility index (Phi) is 3.49. The number of aromatic nitrogens is 3. The Balaban J connectivity index is 1.87. The summed E-state index contributed by atoms with van der Waals surface area (Å²) < 4.78 is 12.3. The van der Waals surface area contributed by atoms with E-state index < -0.39 is 0 Å². The van der Waals surface area contributed by atoms with Crippen LogP contribution in [-0.2, 0) is 12.8 Å². The minimum Gasteiger partial charge on any atom is -0.479 e. The van der Waals surface area contributed by atoms with Crippen molar-refractivity contribution in [1.82, 2.24) is 14.7 Å². The predicted molar refractivity (Wildman–Crippen MR) is 77.5 cm³/mol. The highest BCUT2D eigenvalue weighted by molar-refractivity contribution is 7.98. The Morgan fingerprint density at radius 2 is 2.40 bits per heavy atom. The zero-order valence-electron chi connectivity index (χ0n) is 10.8. The van der Waals surface area contributed by atoms with Crippen molar-refractivity contribution in [3.05, 3.63) is 33.6 Å². The molecule has 0 spiro atoms. The van der Waals surface area contributed by atoms with E-state index in [4.69, 9.17) is 9.26 Å². The second-order valence-electron chi connectivity index (χ2n) is 4.02. The molecule has 104 valence electrons. The molecule has 20 heavy (non-hydrogen) atoms. The van der Waals surface area contributed by atoms with Crippen LogP contribution < -0.4 is 10.3 Å². The van der Waals surface area contributed by atoms with Gasteiger partial charge in [0.05, 0.1) is 18.4 Å². The molecular formula is C12H11N3O3S2. The van der Waals surface area contributed by atoms with Crippen molar-refractivity contribution >= 4 is 33.3 Å². The first-order valence-corrected chi connectivity index (χ1v) is 7.62. The lowest BCUT2D eigenvalue weighted by molar-refractivity contribution is 0.330. The number of thiophene rings is 1. The number of nitrogens with zero attached hydrogens (tertiary/aromatic N) is 3. The summed E-state index contributed by atoms with van der Waals surface area (Å²) in [7, 11) is 3.25. The van der Waals surface area contributed by atoms with Crippen molar-refractivity contribution in [2.75, 3.05) is 7.11 Å². The molecule has 0 aromatic carbocycles. The number of rotatable bonds is 4. The predicted octanol–water partition coefficient (Wildman–Crippen LogP) is 2.28. The van der Waals surface area contributed by atoms with Crippen molar-refractivity contribution in [3.8, 4) is 5.88 Å². The summed E-state index contributed by atoms with van der Waals surface area (Å²) in [6.45, 7) is 0. The van der Waals surface area contributed by atoms with Gasteiger partial charge in [-0.3, -0.25) is 9.36 Å². The summed E-state index contributed by atoms with van der Waals surface area (Å²) >= 11 is 2.83. The molecular weight excluding hydrogens is 298 g/mol. The summed E-state index contributed by atoms with van der Waals surface area (Å²) in [5.74, 6) is 1.65. The molecule has 0 amide bonds. The van der Waals surface area contributed by atoms with Gasteiger partial charge in [-0.05, 0) is 16.6 Å². The average Bonchev–Trinajstić information content (AvgIpc) is 3.09. The maximum atomic E-state index is 12.1. The third-order valence-electron chi connectivity index (χ3n) is 2.74. The van der Waals surface area contributed by atoms with E-state index >= 15 is 0 Å². The molecule has 0 aliphatic rings. The quantitative estimate of drug-likeness (QED) is 0.544. The number of ether oxygens (including phenoxy) is 1. The molecule has 0 fully saturated rings. The van der Waals surface area contributed by atoms with Crippen molar-refractivity contribution in [2.45, 2.75) is 10.9 Å². The standard InChI is InChI=1S/C12H11N3O3S2/c1-15-11(16)10-8(3-4-19-10)13-12(15)20-6-7-5-9(17-2)14-18-7/h3-5H,6H2,1-2H3. The van der Waals surface area contributed by atoms with Gasteiger partial charge in [-0.2, -0.15) is 0 Å². The van der Waals surface area contributed by atoms with Gasteiger partial charge in [0.1, 0.15) is 4.70 Å². The van der Waals surface area contributed by atoms with Gasteiger partial charge in [-0.25, -0.2) is 4.98 Å². The highest BCUT2D eigenvalue weighted by atomic mass is 32.2. The molecule has 8 heteroatoms. The minimum absolute atomic E-state index is 0.0253. The summed E-state index contributed by atoms with van der Waals surface area (Å²) in [5, 5.41) is 6.25. The van der Waals surface area contributed by atoms with E-state index in [1.54, 1.807) is 17.7 Å².